The first-order valence-electron chi connectivity index (χ1n) is 7.52. The summed E-state index contributed by atoms with van der Waals surface area (Å²) in [5, 5.41) is 3.80. The van der Waals surface area contributed by atoms with Crippen LogP contribution in [0.3, 0.4) is 0 Å². The van der Waals surface area contributed by atoms with Crippen molar-refractivity contribution in [1.82, 2.24) is 21.2 Å². The van der Waals surface area contributed by atoms with Crippen LogP contribution in [-0.2, 0) is 9.59 Å². The second-order valence-electron chi connectivity index (χ2n) is 5.25. The van der Waals surface area contributed by atoms with Crippen LogP contribution in [0, 0.1) is 0 Å². The monoisotopic (exact) mass is 314 g/mol. The molecule has 0 bridgehead atoms. The van der Waals surface area contributed by atoms with E-state index in [-0.39, 0.29) is 11.8 Å². The molecular weight excluding hydrogens is 296 g/mol. The molecule has 0 aliphatic carbocycles. The van der Waals surface area contributed by atoms with Crippen LogP contribution in [0.5, 0.6) is 5.75 Å². The highest BCUT2D eigenvalue weighted by atomic mass is 16.5. The average Bonchev–Trinajstić information content (AvgIpc) is 2.59. The fourth-order valence-electron chi connectivity index (χ4n) is 2.43. The Bertz CT molecular complexity index is 704. The molecule has 1 aromatic carbocycles. The van der Waals surface area contributed by atoms with Crippen molar-refractivity contribution in [2.45, 2.75) is 18.9 Å². The summed E-state index contributed by atoms with van der Waals surface area (Å²) in [6.45, 7) is 0.731. The molecule has 1 aliphatic heterocycles. The Morgan fingerprint density at radius 3 is 3.04 bits per heavy atom. The van der Waals surface area contributed by atoms with Crippen molar-refractivity contribution in [3.63, 3.8) is 0 Å². The topological polar surface area (TPSA) is 92.4 Å². The molecule has 0 spiro atoms. The van der Waals surface area contributed by atoms with E-state index in [2.05, 4.69) is 21.2 Å². The van der Waals surface area contributed by atoms with Gasteiger partial charge in [-0.3, -0.25) is 20.0 Å². The maximum absolute atomic E-state index is 11.9. The molecule has 1 saturated heterocycles. The van der Waals surface area contributed by atoms with Crippen molar-refractivity contribution in [2.75, 3.05) is 13.2 Å². The molecule has 120 valence electrons. The second kappa shape index (κ2) is 7.06. The van der Waals surface area contributed by atoms with Crippen molar-refractivity contribution in [2.24, 2.45) is 0 Å². The van der Waals surface area contributed by atoms with Gasteiger partial charge in [-0.2, -0.15) is 0 Å². The minimum atomic E-state index is -0.396. The van der Waals surface area contributed by atoms with Crippen LogP contribution >= 0.6 is 0 Å². The highest BCUT2D eigenvalue weighted by Crippen LogP contribution is 2.22. The molecule has 0 radical (unpaired) electrons. The fourth-order valence-corrected chi connectivity index (χ4v) is 2.43. The Hall–Kier alpha value is -2.67. The van der Waals surface area contributed by atoms with Gasteiger partial charge in [-0.1, -0.05) is 18.2 Å². The van der Waals surface area contributed by atoms with Crippen LogP contribution in [0.4, 0.5) is 0 Å². The molecule has 2 amide bonds. The highest BCUT2D eigenvalue weighted by Gasteiger charge is 2.23. The fraction of sp³-hybridized carbons (Fsp3) is 0.312. The summed E-state index contributed by atoms with van der Waals surface area (Å²) in [6.07, 6.45) is 2.56. The van der Waals surface area contributed by atoms with Gasteiger partial charge in [0, 0.05) is 18.0 Å². The maximum atomic E-state index is 11.9. The molecule has 2 aromatic rings. The van der Waals surface area contributed by atoms with E-state index in [4.69, 9.17) is 4.74 Å². The first kappa shape index (κ1) is 15.2. The maximum Gasteiger partial charge on any atom is 0.239 e. The molecule has 1 aromatic heterocycles. The Balaban J connectivity index is 1.48. The molecule has 1 unspecified atom stereocenters. The molecular formula is C16H18N4O3. The van der Waals surface area contributed by atoms with Gasteiger partial charge >= 0.3 is 0 Å². The molecule has 1 aliphatic rings. The molecule has 0 saturated carbocycles. The van der Waals surface area contributed by atoms with E-state index in [1.165, 1.54) is 0 Å². The summed E-state index contributed by atoms with van der Waals surface area (Å²) in [5.74, 6) is 0.450. The summed E-state index contributed by atoms with van der Waals surface area (Å²) in [5.41, 5.74) is 5.95. The van der Waals surface area contributed by atoms with Crippen molar-refractivity contribution in [3.05, 3.63) is 36.5 Å². The van der Waals surface area contributed by atoms with E-state index in [0.29, 0.717) is 31.7 Å². The van der Waals surface area contributed by atoms with E-state index in [1.807, 2.05) is 30.3 Å². The molecule has 7 heteroatoms. The predicted octanol–water partition coefficient (Wildman–Crippen LogP) is 0.513. The number of nitrogens with one attached hydrogen (secondary N) is 3. The molecule has 3 rings (SSSR count). The summed E-state index contributed by atoms with van der Waals surface area (Å²) in [6, 6.07) is 9.19. The standard InChI is InChI=1S/C16H18N4O3/c21-14-7-6-12(19-20-14)16(22)18-9-10-23-13-5-1-3-11-4-2-8-17-15(11)13/h1-5,8,12,19H,6-7,9-10H2,(H,18,22)(H,20,21). The van der Waals surface area contributed by atoms with Gasteiger partial charge in [-0.15, -0.1) is 0 Å². The average molecular weight is 314 g/mol. The zero-order chi connectivity index (χ0) is 16.1. The van der Waals surface area contributed by atoms with Crippen LogP contribution in [0.1, 0.15) is 12.8 Å². The first-order chi connectivity index (χ1) is 11.2. The van der Waals surface area contributed by atoms with Gasteiger partial charge in [0.05, 0.1) is 6.54 Å². The summed E-state index contributed by atoms with van der Waals surface area (Å²) >= 11 is 0. The van der Waals surface area contributed by atoms with Crippen molar-refractivity contribution in [1.29, 1.82) is 0 Å². The van der Waals surface area contributed by atoms with Gasteiger partial charge < -0.3 is 10.1 Å². The number of ether oxygens (including phenoxy) is 1. The van der Waals surface area contributed by atoms with E-state index >= 15 is 0 Å². The van der Waals surface area contributed by atoms with Gasteiger partial charge in [-0.25, -0.2) is 5.43 Å². The Labute approximate surface area is 133 Å². The summed E-state index contributed by atoms with van der Waals surface area (Å²) in [4.78, 5) is 27.3. The number of amides is 2. The summed E-state index contributed by atoms with van der Waals surface area (Å²) in [7, 11) is 0. The quantitative estimate of drug-likeness (QED) is 0.700. The Morgan fingerprint density at radius 1 is 1.35 bits per heavy atom. The van der Waals surface area contributed by atoms with Crippen LogP contribution in [0.15, 0.2) is 36.5 Å². The van der Waals surface area contributed by atoms with Gasteiger partial charge in [0.2, 0.25) is 11.8 Å². The zero-order valence-electron chi connectivity index (χ0n) is 12.5. The number of rotatable bonds is 5. The summed E-state index contributed by atoms with van der Waals surface area (Å²) < 4.78 is 5.71. The van der Waals surface area contributed by atoms with Crippen molar-refractivity contribution >= 4 is 22.7 Å². The second-order valence-corrected chi connectivity index (χ2v) is 5.25. The third kappa shape index (κ3) is 3.75. The number of carbonyl (C=O) groups is 2. The highest BCUT2D eigenvalue weighted by molar-refractivity contribution is 5.85. The van der Waals surface area contributed by atoms with Crippen LogP contribution in [0.25, 0.3) is 10.9 Å². The third-order valence-corrected chi connectivity index (χ3v) is 3.62. The molecule has 3 N–H and O–H groups in total. The Kier molecular flexibility index (Phi) is 4.68. The molecule has 1 atom stereocenters. The van der Waals surface area contributed by atoms with Crippen LogP contribution in [-0.4, -0.2) is 36.0 Å². The zero-order valence-corrected chi connectivity index (χ0v) is 12.5. The Morgan fingerprint density at radius 2 is 2.22 bits per heavy atom. The predicted molar refractivity (Wildman–Crippen MR) is 84.5 cm³/mol. The van der Waals surface area contributed by atoms with Gasteiger partial charge in [0.15, 0.2) is 0 Å². The largest absolute Gasteiger partial charge is 0.489 e. The third-order valence-electron chi connectivity index (χ3n) is 3.62. The minimum absolute atomic E-state index is 0.0964. The van der Waals surface area contributed by atoms with Gasteiger partial charge in [0.25, 0.3) is 0 Å². The number of benzene rings is 1. The molecule has 23 heavy (non-hydrogen) atoms. The number of hydrogen-bond donors (Lipinski definition) is 3. The molecule has 1 fully saturated rings. The number of pyridine rings is 1. The number of hydrogen-bond acceptors (Lipinski definition) is 5. The lowest BCUT2D eigenvalue weighted by atomic mass is 10.1. The molecule has 2 heterocycles. The number of fused-ring (bicyclic) bond motifs is 1. The first-order valence-corrected chi connectivity index (χ1v) is 7.52. The SMILES string of the molecule is O=C1CCC(C(=O)NCCOc2cccc3cccnc23)NN1. The number of aromatic nitrogens is 1. The van der Waals surface area contributed by atoms with Crippen LogP contribution in [0.2, 0.25) is 0 Å². The number of hydrazine groups is 1. The van der Waals surface area contributed by atoms with Gasteiger partial charge in [0.1, 0.15) is 23.9 Å². The minimum Gasteiger partial charge on any atom is -0.489 e. The number of carbonyl (C=O) groups excluding carboxylic acids is 2. The van der Waals surface area contributed by atoms with E-state index in [0.717, 1.165) is 10.9 Å². The van der Waals surface area contributed by atoms with Crippen molar-refractivity contribution in [3.8, 4) is 5.75 Å². The van der Waals surface area contributed by atoms with E-state index in [9.17, 15) is 9.59 Å². The van der Waals surface area contributed by atoms with Gasteiger partial charge in [-0.05, 0) is 18.6 Å². The smallest absolute Gasteiger partial charge is 0.239 e. The lowest BCUT2D eigenvalue weighted by Crippen LogP contribution is -2.55. The lowest BCUT2D eigenvalue weighted by Gasteiger charge is -2.22. The van der Waals surface area contributed by atoms with E-state index < -0.39 is 6.04 Å². The normalized spacial score (nSPS) is 17.6. The van der Waals surface area contributed by atoms with E-state index in [1.54, 1.807) is 6.20 Å². The van der Waals surface area contributed by atoms with Crippen molar-refractivity contribution < 1.29 is 14.3 Å². The van der Waals surface area contributed by atoms with Crippen LogP contribution < -0.4 is 20.9 Å². The number of para-hydroxylation sites is 1. The molecule has 7 nitrogen and oxygen atoms in total. The number of nitrogens with zero attached hydrogens (tertiary/aromatic N) is 1. The lowest BCUT2D eigenvalue weighted by molar-refractivity contribution is -0.128.